The van der Waals surface area contributed by atoms with Crippen LogP contribution in [0.2, 0.25) is 5.02 Å². The SMILES string of the molecule is O=C(C1CNCCN1S(=O)(=O)c1ccc2cc(Cl)ccc2c1)N1CCSCC1. The van der Waals surface area contributed by atoms with Gasteiger partial charge < -0.3 is 10.2 Å². The van der Waals surface area contributed by atoms with Gasteiger partial charge in [0.15, 0.2) is 0 Å². The maximum Gasteiger partial charge on any atom is 0.243 e. The Morgan fingerprint density at radius 3 is 2.57 bits per heavy atom. The maximum absolute atomic E-state index is 13.4. The number of rotatable bonds is 3. The van der Waals surface area contributed by atoms with Crippen LogP contribution in [0, 0.1) is 0 Å². The van der Waals surface area contributed by atoms with Gasteiger partial charge in [0.2, 0.25) is 15.9 Å². The summed E-state index contributed by atoms with van der Waals surface area (Å²) in [4.78, 5) is 15.0. The summed E-state index contributed by atoms with van der Waals surface area (Å²) < 4.78 is 28.2. The van der Waals surface area contributed by atoms with Gasteiger partial charge in [-0.05, 0) is 35.0 Å². The molecule has 9 heteroatoms. The average Bonchev–Trinajstić information content (AvgIpc) is 2.73. The predicted molar refractivity (Wildman–Crippen MR) is 113 cm³/mol. The molecule has 4 rings (SSSR count). The van der Waals surface area contributed by atoms with Crippen LogP contribution in [0.4, 0.5) is 0 Å². The predicted octanol–water partition coefficient (Wildman–Crippen LogP) is 2.03. The number of thioether (sulfide) groups is 1. The number of hydrogen-bond donors (Lipinski definition) is 1. The summed E-state index contributed by atoms with van der Waals surface area (Å²) in [5.41, 5.74) is 0. The number of piperazine rings is 1. The van der Waals surface area contributed by atoms with Crippen LogP contribution in [0.3, 0.4) is 0 Å². The third-order valence-corrected chi connectivity index (χ3v) is 8.26. The second-order valence-electron chi connectivity index (χ2n) is 6.93. The lowest BCUT2D eigenvalue weighted by atomic mass is 10.1. The average molecular weight is 440 g/mol. The Morgan fingerprint density at radius 2 is 1.79 bits per heavy atom. The van der Waals surface area contributed by atoms with Crippen LogP contribution in [-0.2, 0) is 14.8 Å². The van der Waals surface area contributed by atoms with Gasteiger partial charge in [0, 0.05) is 49.3 Å². The number of carbonyl (C=O) groups excluding carboxylic acids is 1. The highest BCUT2D eigenvalue weighted by molar-refractivity contribution is 7.99. The van der Waals surface area contributed by atoms with E-state index in [4.69, 9.17) is 11.6 Å². The number of nitrogens with one attached hydrogen (secondary N) is 1. The summed E-state index contributed by atoms with van der Waals surface area (Å²) >= 11 is 7.84. The van der Waals surface area contributed by atoms with Crippen molar-refractivity contribution in [2.45, 2.75) is 10.9 Å². The molecule has 0 spiro atoms. The number of hydrogen-bond acceptors (Lipinski definition) is 5. The van der Waals surface area contributed by atoms with E-state index >= 15 is 0 Å². The highest BCUT2D eigenvalue weighted by Crippen LogP contribution is 2.26. The molecule has 1 atom stereocenters. The van der Waals surface area contributed by atoms with Crippen molar-refractivity contribution in [3.63, 3.8) is 0 Å². The van der Waals surface area contributed by atoms with Crippen molar-refractivity contribution in [1.82, 2.24) is 14.5 Å². The number of halogens is 1. The normalized spacial score (nSPS) is 21.8. The minimum absolute atomic E-state index is 0.108. The van der Waals surface area contributed by atoms with Crippen LogP contribution in [0.5, 0.6) is 0 Å². The van der Waals surface area contributed by atoms with E-state index in [1.54, 1.807) is 35.2 Å². The zero-order valence-electron chi connectivity index (χ0n) is 15.3. The molecule has 2 aromatic carbocycles. The molecule has 2 heterocycles. The minimum atomic E-state index is -3.79. The molecule has 0 saturated carbocycles. The fourth-order valence-corrected chi connectivity index (χ4v) is 6.37. The first kappa shape index (κ1) is 20.0. The van der Waals surface area contributed by atoms with Gasteiger partial charge in [-0.3, -0.25) is 4.79 Å². The molecule has 2 fully saturated rings. The molecule has 6 nitrogen and oxygen atoms in total. The molecule has 2 aromatic rings. The van der Waals surface area contributed by atoms with Gasteiger partial charge in [0.05, 0.1) is 4.90 Å². The van der Waals surface area contributed by atoms with E-state index in [1.807, 2.05) is 17.8 Å². The van der Waals surface area contributed by atoms with Gasteiger partial charge in [-0.1, -0.05) is 23.7 Å². The van der Waals surface area contributed by atoms with Gasteiger partial charge in [0.25, 0.3) is 0 Å². The van der Waals surface area contributed by atoms with Crippen LogP contribution in [0.25, 0.3) is 10.8 Å². The smallest absolute Gasteiger partial charge is 0.243 e. The first-order valence-corrected chi connectivity index (χ1v) is 12.2. The van der Waals surface area contributed by atoms with E-state index < -0.39 is 16.1 Å². The molecule has 28 heavy (non-hydrogen) atoms. The third-order valence-electron chi connectivity index (χ3n) is 5.18. The van der Waals surface area contributed by atoms with Crippen molar-refractivity contribution < 1.29 is 13.2 Å². The van der Waals surface area contributed by atoms with Gasteiger partial charge in [-0.15, -0.1) is 0 Å². The molecular formula is C19H22ClN3O3S2. The van der Waals surface area contributed by atoms with Gasteiger partial charge >= 0.3 is 0 Å². The largest absolute Gasteiger partial charge is 0.340 e. The van der Waals surface area contributed by atoms with E-state index in [-0.39, 0.29) is 17.3 Å². The molecule has 150 valence electrons. The van der Waals surface area contributed by atoms with Crippen LogP contribution in [-0.4, -0.2) is 73.8 Å². The lowest BCUT2D eigenvalue weighted by Gasteiger charge is -2.38. The Kier molecular flexibility index (Phi) is 5.85. The van der Waals surface area contributed by atoms with Gasteiger partial charge in [0.1, 0.15) is 6.04 Å². The van der Waals surface area contributed by atoms with Crippen molar-refractivity contribution in [1.29, 1.82) is 0 Å². The summed E-state index contributed by atoms with van der Waals surface area (Å²) in [6.45, 7) is 2.49. The van der Waals surface area contributed by atoms with Crippen LogP contribution in [0.15, 0.2) is 41.3 Å². The van der Waals surface area contributed by atoms with Crippen molar-refractivity contribution in [2.24, 2.45) is 0 Å². The molecule has 0 aliphatic carbocycles. The van der Waals surface area contributed by atoms with Crippen molar-refractivity contribution in [3.05, 3.63) is 41.4 Å². The Balaban J connectivity index is 1.66. The van der Waals surface area contributed by atoms with Gasteiger partial charge in [-0.2, -0.15) is 16.1 Å². The molecule has 1 N–H and O–H groups in total. The van der Waals surface area contributed by atoms with E-state index in [9.17, 15) is 13.2 Å². The summed E-state index contributed by atoms with van der Waals surface area (Å²) in [5.74, 6) is 1.68. The van der Waals surface area contributed by atoms with Crippen LogP contribution >= 0.6 is 23.4 Å². The molecule has 2 saturated heterocycles. The number of nitrogens with zero attached hydrogens (tertiary/aromatic N) is 2. The Hall–Kier alpha value is -1.32. The van der Waals surface area contributed by atoms with Crippen LogP contribution < -0.4 is 5.32 Å². The molecule has 2 aliphatic heterocycles. The van der Waals surface area contributed by atoms with Crippen molar-refractivity contribution in [3.8, 4) is 0 Å². The molecular weight excluding hydrogens is 418 g/mol. The molecule has 1 unspecified atom stereocenters. The Morgan fingerprint density at radius 1 is 1.07 bits per heavy atom. The zero-order valence-corrected chi connectivity index (χ0v) is 17.7. The monoisotopic (exact) mass is 439 g/mol. The Labute approximate surface area is 174 Å². The summed E-state index contributed by atoms with van der Waals surface area (Å²) in [6, 6.07) is 9.65. The molecule has 0 aromatic heterocycles. The quantitative estimate of drug-likeness (QED) is 0.792. The first-order chi connectivity index (χ1) is 13.5. The number of carbonyl (C=O) groups is 1. The van der Waals surface area contributed by atoms with Crippen molar-refractivity contribution in [2.75, 3.05) is 44.2 Å². The second kappa shape index (κ2) is 8.20. The molecule has 1 amide bonds. The number of benzene rings is 2. The lowest BCUT2D eigenvalue weighted by Crippen LogP contribution is -2.60. The number of sulfonamides is 1. The van der Waals surface area contributed by atoms with E-state index in [2.05, 4.69) is 5.32 Å². The van der Waals surface area contributed by atoms with Crippen LogP contribution in [0.1, 0.15) is 0 Å². The van der Waals surface area contributed by atoms with Crippen molar-refractivity contribution >= 4 is 50.1 Å². The highest BCUT2D eigenvalue weighted by Gasteiger charge is 2.39. The van der Waals surface area contributed by atoms with E-state index in [0.717, 1.165) is 22.3 Å². The maximum atomic E-state index is 13.4. The Bertz CT molecular complexity index is 993. The van der Waals surface area contributed by atoms with E-state index in [1.165, 1.54) is 4.31 Å². The minimum Gasteiger partial charge on any atom is -0.340 e. The summed E-state index contributed by atoms with van der Waals surface area (Å²) in [6.07, 6.45) is 0. The summed E-state index contributed by atoms with van der Waals surface area (Å²) in [7, 11) is -3.79. The number of amides is 1. The fourth-order valence-electron chi connectivity index (χ4n) is 3.67. The summed E-state index contributed by atoms with van der Waals surface area (Å²) in [5, 5.41) is 5.46. The highest BCUT2D eigenvalue weighted by atomic mass is 35.5. The molecule has 2 aliphatic rings. The van der Waals surface area contributed by atoms with Gasteiger partial charge in [-0.25, -0.2) is 8.42 Å². The topological polar surface area (TPSA) is 69.7 Å². The number of fused-ring (bicyclic) bond motifs is 1. The standard InChI is InChI=1S/C19H22ClN3O3S2/c20-16-3-1-15-12-17(4-2-14(15)11-16)28(25,26)23-6-5-21-13-18(23)19(24)22-7-9-27-10-8-22/h1-4,11-12,18,21H,5-10,13H2. The zero-order chi connectivity index (χ0) is 19.7. The lowest BCUT2D eigenvalue weighted by molar-refractivity contribution is -0.135. The fraction of sp³-hybridized carbons (Fsp3) is 0.421. The second-order valence-corrected chi connectivity index (χ2v) is 10.5. The van der Waals surface area contributed by atoms with E-state index in [0.29, 0.717) is 31.2 Å². The third kappa shape index (κ3) is 3.89. The first-order valence-electron chi connectivity index (χ1n) is 9.25. The molecule has 0 bridgehead atoms. The molecule has 0 radical (unpaired) electrons.